The van der Waals surface area contributed by atoms with Crippen LogP contribution in [0.5, 0.6) is 0 Å². The molecule has 0 saturated heterocycles. The standard InChI is InChI=1S/C16H11ClN4S/c17-13-9-5-4-8-12(13)10-14-20-21-15(18-19-16(21)22-14)11-6-2-1-3-7-11/h1-9H,10H2. The van der Waals surface area contributed by atoms with Gasteiger partial charge in [0.1, 0.15) is 5.01 Å². The summed E-state index contributed by atoms with van der Waals surface area (Å²) in [5.41, 5.74) is 2.07. The molecule has 0 spiro atoms. The number of aromatic nitrogens is 4. The molecule has 0 atom stereocenters. The Labute approximate surface area is 136 Å². The van der Waals surface area contributed by atoms with E-state index in [0.717, 1.165) is 31.9 Å². The van der Waals surface area contributed by atoms with E-state index in [4.69, 9.17) is 11.6 Å². The lowest BCUT2D eigenvalue weighted by molar-refractivity contribution is 0.918. The van der Waals surface area contributed by atoms with E-state index in [2.05, 4.69) is 15.3 Å². The van der Waals surface area contributed by atoms with E-state index in [1.54, 1.807) is 4.52 Å². The van der Waals surface area contributed by atoms with Crippen molar-refractivity contribution < 1.29 is 0 Å². The molecule has 2 heterocycles. The molecule has 108 valence electrons. The van der Waals surface area contributed by atoms with Gasteiger partial charge in [-0.15, -0.1) is 10.2 Å². The van der Waals surface area contributed by atoms with Gasteiger partial charge in [0.25, 0.3) is 0 Å². The molecule has 4 aromatic rings. The minimum absolute atomic E-state index is 0.696. The third kappa shape index (κ3) is 2.38. The van der Waals surface area contributed by atoms with Gasteiger partial charge in [0.05, 0.1) is 0 Å². The second-order valence-corrected chi connectivity index (χ2v) is 6.30. The first kappa shape index (κ1) is 13.4. The van der Waals surface area contributed by atoms with Gasteiger partial charge in [0.15, 0.2) is 5.82 Å². The van der Waals surface area contributed by atoms with E-state index in [9.17, 15) is 0 Å². The second-order valence-electron chi connectivity index (χ2n) is 4.85. The zero-order valence-corrected chi connectivity index (χ0v) is 13.1. The molecule has 2 aromatic heterocycles. The fraction of sp³-hybridized carbons (Fsp3) is 0.0625. The zero-order chi connectivity index (χ0) is 14.9. The van der Waals surface area contributed by atoms with Crippen LogP contribution in [-0.4, -0.2) is 19.8 Å². The summed E-state index contributed by atoms with van der Waals surface area (Å²) in [6, 6.07) is 17.8. The number of nitrogens with zero attached hydrogens (tertiary/aromatic N) is 4. The summed E-state index contributed by atoms with van der Waals surface area (Å²) in [5.74, 6) is 0.761. The van der Waals surface area contributed by atoms with E-state index in [1.807, 2.05) is 54.6 Å². The predicted octanol–water partition coefficient (Wildman–Crippen LogP) is 4.10. The van der Waals surface area contributed by atoms with Gasteiger partial charge in [-0.25, -0.2) is 0 Å². The molecule has 0 saturated carbocycles. The van der Waals surface area contributed by atoms with E-state index in [1.165, 1.54) is 11.3 Å². The molecule has 2 aromatic carbocycles. The van der Waals surface area contributed by atoms with Gasteiger partial charge < -0.3 is 0 Å². The largest absolute Gasteiger partial charge is 0.234 e. The summed E-state index contributed by atoms with van der Waals surface area (Å²) in [6.45, 7) is 0. The number of halogens is 1. The van der Waals surface area contributed by atoms with Crippen molar-refractivity contribution in [2.45, 2.75) is 6.42 Å². The van der Waals surface area contributed by atoms with Gasteiger partial charge in [-0.1, -0.05) is 71.5 Å². The third-order valence-electron chi connectivity index (χ3n) is 3.36. The van der Waals surface area contributed by atoms with Crippen molar-refractivity contribution in [1.29, 1.82) is 0 Å². The molecule has 22 heavy (non-hydrogen) atoms. The molecule has 0 unspecified atom stereocenters. The summed E-state index contributed by atoms with van der Waals surface area (Å²) < 4.78 is 1.80. The monoisotopic (exact) mass is 326 g/mol. The molecule has 0 N–H and O–H groups in total. The van der Waals surface area contributed by atoms with Crippen LogP contribution in [0.1, 0.15) is 10.6 Å². The molecule has 0 aliphatic carbocycles. The van der Waals surface area contributed by atoms with E-state index in [-0.39, 0.29) is 0 Å². The van der Waals surface area contributed by atoms with Gasteiger partial charge in [0.2, 0.25) is 4.96 Å². The lowest BCUT2D eigenvalue weighted by Gasteiger charge is -2.00. The summed E-state index contributed by atoms with van der Waals surface area (Å²) in [7, 11) is 0. The molecular formula is C16H11ClN4S. The Morgan fingerprint density at radius 3 is 2.55 bits per heavy atom. The maximum atomic E-state index is 6.22. The topological polar surface area (TPSA) is 43.1 Å². The second kappa shape index (κ2) is 5.51. The smallest absolute Gasteiger partial charge is 0.183 e. The number of fused-ring (bicyclic) bond motifs is 1. The van der Waals surface area contributed by atoms with Crippen LogP contribution in [0.3, 0.4) is 0 Å². The van der Waals surface area contributed by atoms with Crippen LogP contribution in [0, 0.1) is 0 Å². The number of benzene rings is 2. The van der Waals surface area contributed by atoms with E-state index in [0.29, 0.717) is 6.42 Å². The van der Waals surface area contributed by atoms with Crippen LogP contribution in [0.4, 0.5) is 0 Å². The normalized spacial score (nSPS) is 11.1. The van der Waals surface area contributed by atoms with Crippen LogP contribution >= 0.6 is 22.9 Å². The van der Waals surface area contributed by atoms with Crippen molar-refractivity contribution in [3.05, 3.63) is 70.2 Å². The maximum Gasteiger partial charge on any atom is 0.234 e. The van der Waals surface area contributed by atoms with Crippen LogP contribution in [-0.2, 0) is 6.42 Å². The van der Waals surface area contributed by atoms with Crippen molar-refractivity contribution in [3.63, 3.8) is 0 Å². The minimum Gasteiger partial charge on any atom is -0.183 e. The quantitative estimate of drug-likeness (QED) is 0.569. The minimum atomic E-state index is 0.696. The van der Waals surface area contributed by atoms with Gasteiger partial charge >= 0.3 is 0 Å². The summed E-state index contributed by atoms with van der Waals surface area (Å²) >= 11 is 7.75. The molecule has 0 aliphatic rings. The number of hydrogen-bond donors (Lipinski definition) is 0. The van der Waals surface area contributed by atoms with Gasteiger partial charge in [-0.05, 0) is 11.6 Å². The highest BCUT2D eigenvalue weighted by Crippen LogP contribution is 2.24. The van der Waals surface area contributed by atoms with Gasteiger partial charge in [0, 0.05) is 17.0 Å². The van der Waals surface area contributed by atoms with E-state index < -0.39 is 0 Å². The van der Waals surface area contributed by atoms with Crippen molar-refractivity contribution in [2.75, 3.05) is 0 Å². The highest BCUT2D eigenvalue weighted by molar-refractivity contribution is 7.16. The van der Waals surface area contributed by atoms with Crippen LogP contribution < -0.4 is 0 Å². The molecule has 6 heteroatoms. The average molecular weight is 327 g/mol. The lowest BCUT2D eigenvalue weighted by atomic mass is 10.2. The van der Waals surface area contributed by atoms with Crippen LogP contribution in [0.15, 0.2) is 54.6 Å². The van der Waals surface area contributed by atoms with Gasteiger partial charge in [-0.3, -0.25) is 0 Å². The third-order valence-corrected chi connectivity index (χ3v) is 4.63. The maximum absolute atomic E-state index is 6.22. The first-order valence-electron chi connectivity index (χ1n) is 6.81. The highest BCUT2D eigenvalue weighted by atomic mass is 35.5. The number of hydrogen-bond acceptors (Lipinski definition) is 4. The molecular weight excluding hydrogens is 316 g/mol. The Morgan fingerprint density at radius 1 is 0.955 bits per heavy atom. The van der Waals surface area contributed by atoms with Crippen LogP contribution in [0.25, 0.3) is 16.3 Å². The Bertz CT molecular complexity index is 930. The van der Waals surface area contributed by atoms with Crippen molar-refractivity contribution >= 4 is 27.9 Å². The molecule has 0 radical (unpaired) electrons. The Hall–Kier alpha value is -2.24. The molecule has 0 aliphatic heterocycles. The first-order valence-corrected chi connectivity index (χ1v) is 8.00. The Balaban J connectivity index is 1.73. The lowest BCUT2D eigenvalue weighted by Crippen LogP contribution is -1.94. The summed E-state index contributed by atoms with van der Waals surface area (Å²) in [6.07, 6.45) is 0.696. The van der Waals surface area contributed by atoms with Crippen molar-refractivity contribution in [3.8, 4) is 11.4 Å². The fourth-order valence-corrected chi connectivity index (χ4v) is 3.36. The predicted molar refractivity (Wildman–Crippen MR) is 88.4 cm³/mol. The molecule has 0 fully saturated rings. The average Bonchev–Trinajstić information content (AvgIpc) is 3.10. The fourth-order valence-electron chi connectivity index (χ4n) is 2.30. The summed E-state index contributed by atoms with van der Waals surface area (Å²) in [5, 5.41) is 14.8. The number of rotatable bonds is 3. The van der Waals surface area contributed by atoms with Crippen molar-refractivity contribution in [1.82, 2.24) is 19.8 Å². The van der Waals surface area contributed by atoms with Gasteiger partial charge in [-0.2, -0.15) is 9.61 Å². The molecule has 4 nitrogen and oxygen atoms in total. The molecule has 0 amide bonds. The zero-order valence-electron chi connectivity index (χ0n) is 11.5. The Kier molecular flexibility index (Phi) is 3.36. The summed E-state index contributed by atoms with van der Waals surface area (Å²) in [4.78, 5) is 0.793. The van der Waals surface area contributed by atoms with Crippen molar-refractivity contribution in [2.24, 2.45) is 0 Å². The molecule has 0 bridgehead atoms. The highest BCUT2D eigenvalue weighted by Gasteiger charge is 2.14. The SMILES string of the molecule is Clc1ccccc1Cc1nn2c(-c3ccccc3)nnc2s1. The van der Waals surface area contributed by atoms with E-state index >= 15 is 0 Å². The Morgan fingerprint density at radius 2 is 1.73 bits per heavy atom. The molecule has 4 rings (SSSR count). The van der Waals surface area contributed by atoms with Crippen LogP contribution in [0.2, 0.25) is 5.02 Å². The first-order chi connectivity index (χ1) is 10.8.